The molecule has 4 aliphatic rings. The maximum absolute atomic E-state index is 13.2. The molecule has 1 aromatic carbocycles. The maximum atomic E-state index is 13.2. The van der Waals surface area contributed by atoms with Crippen molar-refractivity contribution in [2.45, 2.75) is 82.4 Å². The van der Waals surface area contributed by atoms with Gasteiger partial charge in [0.05, 0.1) is 10.8 Å². The molecule has 0 aromatic heterocycles. The van der Waals surface area contributed by atoms with Gasteiger partial charge in [-0.25, -0.2) is 0 Å². The van der Waals surface area contributed by atoms with Crippen LogP contribution in [0.2, 0.25) is 0 Å². The number of hydrogen-bond acceptors (Lipinski definition) is 1. The fourth-order valence-electron chi connectivity index (χ4n) is 8.26. The molecule has 1 aromatic rings. The minimum absolute atomic E-state index is 0.375. The molecule has 1 nitrogen and oxygen atoms in total. The van der Waals surface area contributed by atoms with Crippen molar-refractivity contribution >= 4 is 10.8 Å². The molecule has 0 heterocycles. The Morgan fingerprint density at radius 1 is 0.889 bits per heavy atom. The van der Waals surface area contributed by atoms with Crippen molar-refractivity contribution in [2.24, 2.45) is 34.5 Å². The van der Waals surface area contributed by atoms with E-state index in [1.54, 1.807) is 0 Å². The quantitative estimate of drug-likeness (QED) is 0.574. The van der Waals surface area contributed by atoms with Crippen LogP contribution >= 0.6 is 0 Å². The summed E-state index contributed by atoms with van der Waals surface area (Å²) in [6, 6.07) is 10.2. The van der Waals surface area contributed by atoms with Crippen LogP contribution in [0.4, 0.5) is 0 Å². The molecule has 4 aliphatic carbocycles. The molecule has 27 heavy (non-hydrogen) atoms. The number of benzene rings is 1. The lowest BCUT2D eigenvalue weighted by Crippen LogP contribution is -2.53. The van der Waals surface area contributed by atoms with Crippen molar-refractivity contribution < 1.29 is 4.21 Å². The second-order valence-corrected chi connectivity index (χ2v) is 12.0. The Hall–Kier alpha value is -0.630. The number of rotatable bonds is 3. The molecule has 4 saturated carbocycles. The fourth-order valence-corrected chi connectivity index (χ4v) is 9.91. The summed E-state index contributed by atoms with van der Waals surface area (Å²) < 4.78 is 13.2. The zero-order valence-corrected chi connectivity index (χ0v) is 17.8. The molecule has 0 aliphatic heterocycles. The van der Waals surface area contributed by atoms with E-state index in [0.717, 1.165) is 34.3 Å². The van der Waals surface area contributed by atoms with Crippen molar-refractivity contribution in [3.05, 3.63) is 30.3 Å². The molecule has 0 saturated heterocycles. The van der Waals surface area contributed by atoms with Gasteiger partial charge in [0.25, 0.3) is 0 Å². The fraction of sp³-hybridized carbons (Fsp3) is 0.760. The van der Waals surface area contributed by atoms with Crippen LogP contribution < -0.4 is 0 Å². The van der Waals surface area contributed by atoms with Crippen molar-refractivity contribution in [3.63, 3.8) is 0 Å². The van der Waals surface area contributed by atoms with Gasteiger partial charge < -0.3 is 0 Å². The lowest BCUT2D eigenvalue weighted by Gasteiger charge is -2.60. The Morgan fingerprint density at radius 2 is 1.74 bits per heavy atom. The molecule has 0 amide bonds. The highest BCUT2D eigenvalue weighted by Crippen LogP contribution is 2.66. The topological polar surface area (TPSA) is 17.1 Å². The highest BCUT2D eigenvalue weighted by atomic mass is 32.2. The Morgan fingerprint density at radius 3 is 2.59 bits per heavy atom. The molecule has 1 unspecified atom stereocenters. The normalized spacial score (nSPS) is 44.8. The van der Waals surface area contributed by atoms with Crippen LogP contribution in [0.1, 0.15) is 77.6 Å². The van der Waals surface area contributed by atoms with Gasteiger partial charge in [0, 0.05) is 10.6 Å². The first-order valence-electron chi connectivity index (χ1n) is 11.6. The molecule has 2 heteroatoms. The predicted molar refractivity (Wildman–Crippen MR) is 113 cm³/mol. The van der Waals surface area contributed by atoms with E-state index in [1.807, 2.05) is 18.2 Å². The van der Waals surface area contributed by atoms with Crippen LogP contribution in [0.15, 0.2) is 35.2 Å². The van der Waals surface area contributed by atoms with Gasteiger partial charge >= 0.3 is 0 Å². The van der Waals surface area contributed by atoms with E-state index in [4.69, 9.17) is 0 Å². The second-order valence-electron chi connectivity index (χ2n) is 10.5. The minimum atomic E-state index is -0.831. The Labute approximate surface area is 168 Å². The minimum Gasteiger partial charge on any atom is -0.254 e. The Kier molecular flexibility index (Phi) is 4.78. The van der Waals surface area contributed by atoms with E-state index in [9.17, 15) is 4.21 Å². The number of fused-ring (bicyclic) bond motifs is 5. The van der Waals surface area contributed by atoms with Crippen molar-refractivity contribution in [2.75, 3.05) is 5.75 Å². The van der Waals surface area contributed by atoms with Gasteiger partial charge in [-0.15, -0.1) is 0 Å². The summed E-state index contributed by atoms with van der Waals surface area (Å²) in [4.78, 5) is 1.04. The maximum Gasteiger partial charge on any atom is 0.0535 e. The highest BCUT2D eigenvalue weighted by molar-refractivity contribution is 7.85. The van der Waals surface area contributed by atoms with E-state index < -0.39 is 10.8 Å². The summed E-state index contributed by atoms with van der Waals surface area (Å²) in [5.41, 5.74) is 0.994. The summed E-state index contributed by atoms with van der Waals surface area (Å²) in [6.45, 7) is 2.66. The molecule has 7 atom stereocenters. The van der Waals surface area contributed by atoms with Gasteiger partial charge in [-0.2, -0.15) is 0 Å². The SMILES string of the molecule is C[C@]12CCCC[C@@H]1CC[C@H]1[C@@H]3CCC[C@@]3(CS(=O)c3ccccc3)CC[C@@H]12. The Bertz CT molecular complexity index is 700. The lowest BCUT2D eigenvalue weighted by atomic mass is 9.45. The van der Waals surface area contributed by atoms with Gasteiger partial charge in [-0.1, -0.05) is 44.4 Å². The van der Waals surface area contributed by atoms with Crippen molar-refractivity contribution in [1.29, 1.82) is 0 Å². The lowest BCUT2D eigenvalue weighted by molar-refractivity contribution is -0.102. The van der Waals surface area contributed by atoms with Crippen LogP contribution in [-0.2, 0) is 10.8 Å². The van der Waals surface area contributed by atoms with Crippen LogP contribution in [0.3, 0.4) is 0 Å². The monoisotopic (exact) mass is 384 g/mol. The first-order valence-corrected chi connectivity index (χ1v) is 12.9. The Balaban J connectivity index is 1.40. The standard InChI is InChI=1S/C25H36OS/c1-24-15-6-5-8-19(24)12-13-21-22(24)14-17-25(16-7-11-23(21)25)18-27(26)20-9-3-2-4-10-20/h2-4,9-10,19,21-23H,5-8,11-18H2,1H3/t19-,21-,22+,23+,24+,25+,27?/m1/s1. The van der Waals surface area contributed by atoms with Crippen LogP contribution in [0.5, 0.6) is 0 Å². The van der Waals surface area contributed by atoms with Gasteiger partial charge in [0.15, 0.2) is 0 Å². The molecule has 0 bridgehead atoms. The van der Waals surface area contributed by atoms with Crippen LogP contribution in [0.25, 0.3) is 0 Å². The van der Waals surface area contributed by atoms with Gasteiger partial charge in [0.1, 0.15) is 0 Å². The second kappa shape index (κ2) is 7.01. The van der Waals surface area contributed by atoms with Crippen molar-refractivity contribution in [3.8, 4) is 0 Å². The smallest absolute Gasteiger partial charge is 0.0535 e. The zero-order valence-electron chi connectivity index (χ0n) is 17.0. The largest absolute Gasteiger partial charge is 0.254 e. The van der Waals surface area contributed by atoms with E-state index >= 15 is 0 Å². The van der Waals surface area contributed by atoms with E-state index in [0.29, 0.717) is 10.8 Å². The molecular formula is C25H36OS. The van der Waals surface area contributed by atoms with Crippen molar-refractivity contribution in [1.82, 2.24) is 0 Å². The average molecular weight is 385 g/mol. The van der Waals surface area contributed by atoms with Gasteiger partial charge in [-0.05, 0) is 98.0 Å². The first kappa shape index (κ1) is 18.4. The molecular weight excluding hydrogens is 348 g/mol. The summed E-state index contributed by atoms with van der Waals surface area (Å²) in [7, 11) is -0.831. The molecule has 0 spiro atoms. The van der Waals surface area contributed by atoms with E-state index in [-0.39, 0.29) is 0 Å². The third kappa shape index (κ3) is 2.96. The van der Waals surface area contributed by atoms with Crippen LogP contribution in [0, 0.1) is 34.5 Å². The molecule has 5 rings (SSSR count). The highest BCUT2D eigenvalue weighted by Gasteiger charge is 2.58. The molecule has 0 N–H and O–H groups in total. The first-order chi connectivity index (χ1) is 13.1. The van der Waals surface area contributed by atoms with Gasteiger partial charge in [-0.3, -0.25) is 4.21 Å². The molecule has 0 radical (unpaired) electrons. The average Bonchev–Trinajstić information content (AvgIpc) is 3.12. The molecule has 148 valence electrons. The van der Waals surface area contributed by atoms with E-state index in [1.165, 1.54) is 70.6 Å². The number of hydrogen-bond donors (Lipinski definition) is 0. The van der Waals surface area contributed by atoms with E-state index in [2.05, 4.69) is 19.1 Å². The summed E-state index contributed by atoms with van der Waals surface area (Å²) in [6.07, 6.45) is 15.7. The summed E-state index contributed by atoms with van der Waals surface area (Å²) >= 11 is 0. The zero-order chi connectivity index (χ0) is 18.5. The van der Waals surface area contributed by atoms with Crippen LogP contribution in [-0.4, -0.2) is 9.96 Å². The van der Waals surface area contributed by atoms with Gasteiger partial charge in [0.2, 0.25) is 0 Å². The molecule has 4 fully saturated rings. The third-order valence-corrected chi connectivity index (χ3v) is 11.2. The summed E-state index contributed by atoms with van der Waals surface area (Å²) in [5, 5.41) is 0. The third-order valence-electron chi connectivity index (χ3n) is 9.53. The predicted octanol–water partition coefficient (Wildman–Crippen LogP) is 6.60. The summed E-state index contributed by atoms with van der Waals surface area (Å²) in [5.74, 6) is 4.65.